The van der Waals surface area contributed by atoms with Crippen LogP contribution in [-0.4, -0.2) is 37.1 Å². The molecule has 112 valence electrons. The molecule has 0 aromatic rings. The van der Waals surface area contributed by atoms with E-state index in [1.807, 2.05) is 0 Å². The smallest absolute Gasteiger partial charge is 0.00506 e. The van der Waals surface area contributed by atoms with E-state index in [9.17, 15) is 0 Å². The Bertz CT molecular complexity index is 258. The molecule has 2 heteroatoms. The second kappa shape index (κ2) is 6.58. The average molecular weight is 266 g/mol. The molecule has 1 aliphatic carbocycles. The van der Waals surface area contributed by atoms with Gasteiger partial charge in [0, 0.05) is 25.7 Å². The Balaban J connectivity index is 1.64. The summed E-state index contributed by atoms with van der Waals surface area (Å²) >= 11 is 0. The maximum atomic E-state index is 3.69. The Morgan fingerprint density at radius 3 is 2.32 bits per heavy atom. The fourth-order valence-corrected chi connectivity index (χ4v) is 3.87. The third-order valence-electron chi connectivity index (χ3n) is 5.27. The molecule has 0 aromatic carbocycles. The normalized spacial score (nSPS) is 25.7. The van der Waals surface area contributed by atoms with Gasteiger partial charge < -0.3 is 10.2 Å². The van der Waals surface area contributed by atoms with Crippen LogP contribution in [0, 0.1) is 17.3 Å². The van der Waals surface area contributed by atoms with Gasteiger partial charge in [-0.25, -0.2) is 0 Å². The van der Waals surface area contributed by atoms with Crippen molar-refractivity contribution in [1.29, 1.82) is 0 Å². The monoisotopic (exact) mass is 266 g/mol. The maximum Gasteiger partial charge on any atom is 0.00506 e. The minimum Gasteiger partial charge on any atom is -0.314 e. The molecule has 2 rings (SSSR count). The van der Waals surface area contributed by atoms with Crippen molar-refractivity contribution in [3.05, 3.63) is 0 Å². The fraction of sp³-hybridized carbons (Fsp3) is 1.00. The van der Waals surface area contributed by atoms with Crippen LogP contribution in [0.25, 0.3) is 0 Å². The molecular formula is C17H34N2. The quantitative estimate of drug-likeness (QED) is 0.791. The molecule has 2 fully saturated rings. The van der Waals surface area contributed by atoms with Crippen molar-refractivity contribution < 1.29 is 0 Å². The van der Waals surface area contributed by atoms with E-state index in [2.05, 4.69) is 37.9 Å². The lowest BCUT2D eigenvalue weighted by Crippen LogP contribution is -2.58. The molecule has 2 aliphatic rings. The number of hydrogen-bond acceptors (Lipinski definition) is 2. The van der Waals surface area contributed by atoms with Gasteiger partial charge in [0.05, 0.1) is 0 Å². The summed E-state index contributed by atoms with van der Waals surface area (Å²) in [6.45, 7) is 14.6. The number of nitrogens with one attached hydrogen (secondary N) is 1. The topological polar surface area (TPSA) is 15.3 Å². The van der Waals surface area contributed by atoms with Crippen molar-refractivity contribution in [2.45, 2.75) is 65.8 Å². The van der Waals surface area contributed by atoms with Gasteiger partial charge in [0.25, 0.3) is 0 Å². The Morgan fingerprint density at radius 2 is 1.79 bits per heavy atom. The highest BCUT2D eigenvalue weighted by Gasteiger charge is 2.44. The standard InChI is InChI=1S/C17H34N2/c1-5-15(4)18-10-16-6-8-17(9-7-16)12-19(13-17)11-14(2)3/h14-16,18H,5-13H2,1-4H3. The first-order valence-electron chi connectivity index (χ1n) is 8.49. The Labute approximate surface area is 120 Å². The summed E-state index contributed by atoms with van der Waals surface area (Å²) < 4.78 is 0. The van der Waals surface area contributed by atoms with Gasteiger partial charge in [0.1, 0.15) is 0 Å². The fourth-order valence-electron chi connectivity index (χ4n) is 3.87. The SMILES string of the molecule is CCC(C)NCC1CCC2(CC1)CN(CC(C)C)C2. The van der Waals surface area contributed by atoms with Crippen molar-refractivity contribution in [2.24, 2.45) is 17.3 Å². The molecule has 1 atom stereocenters. The maximum absolute atomic E-state index is 3.69. The summed E-state index contributed by atoms with van der Waals surface area (Å²) in [5.41, 5.74) is 0.724. The van der Waals surface area contributed by atoms with Gasteiger partial charge in [0.2, 0.25) is 0 Å². The lowest BCUT2D eigenvalue weighted by atomic mass is 9.65. The third kappa shape index (κ3) is 4.19. The molecule has 2 nitrogen and oxygen atoms in total. The van der Waals surface area contributed by atoms with Crippen LogP contribution >= 0.6 is 0 Å². The van der Waals surface area contributed by atoms with Crippen LogP contribution < -0.4 is 5.32 Å². The summed E-state index contributed by atoms with van der Waals surface area (Å²) in [5, 5.41) is 3.69. The highest BCUT2D eigenvalue weighted by atomic mass is 15.2. The van der Waals surface area contributed by atoms with Gasteiger partial charge in [-0.2, -0.15) is 0 Å². The van der Waals surface area contributed by atoms with Gasteiger partial charge in [-0.05, 0) is 62.8 Å². The lowest BCUT2D eigenvalue weighted by Gasteiger charge is -2.54. The van der Waals surface area contributed by atoms with E-state index in [-0.39, 0.29) is 0 Å². The molecule has 1 saturated carbocycles. The van der Waals surface area contributed by atoms with E-state index in [0.717, 1.165) is 17.3 Å². The molecule has 1 spiro atoms. The molecular weight excluding hydrogens is 232 g/mol. The van der Waals surface area contributed by atoms with Crippen LogP contribution in [0.2, 0.25) is 0 Å². The molecule has 19 heavy (non-hydrogen) atoms. The molecule has 0 radical (unpaired) electrons. The van der Waals surface area contributed by atoms with Crippen molar-refractivity contribution in [1.82, 2.24) is 10.2 Å². The van der Waals surface area contributed by atoms with E-state index < -0.39 is 0 Å². The minimum absolute atomic E-state index is 0.695. The van der Waals surface area contributed by atoms with E-state index in [4.69, 9.17) is 0 Å². The van der Waals surface area contributed by atoms with Crippen LogP contribution in [0.5, 0.6) is 0 Å². The van der Waals surface area contributed by atoms with Gasteiger partial charge in [-0.3, -0.25) is 0 Å². The summed E-state index contributed by atoms with van der Waals surface area (Å²) in [7, 11) is 0. The van der Waals surface area contributed by atoms with Crippen LogP contribution in [0.3, 0.4) is 0 Å². The first kappa shape index (κ1) is 15.3. The average Bonchev–Trinajstić information content (AvgIpc) is 2.35. The first-order valence-corrected chi connectivity index (χ1v) is 8.49. The van der Waals surface area contributed by atoms with Gasteiger partial charge in [0.15, 0.2) is 0 Å². The second-order valence-corrected chi connectivity index (χ2v) is 7.72. The Kier molecular flexibility index (Phi) is 5.30. The van der Waals surface area contributed by atoms with E-state index in [0.29, 0.717) is 6.04 Å². The predicted octanol–water partition coefficient (Wildman–Crippen LogP) is 3.52. The predicted molar refractivity (Wildman–Crippen MR) is 83.4 cm³/mol. The number of rotatable bonds is 6. The number of likely N-dealkylation sites (tertiary alicyclic amines) is 1. The van der Waals surface area contributed by atoms with Crippen molar-refractivity contribution in [3.8, 4) is 0 Å². The van der Waals surface area contributed by atoms with Crippen molar-refractivity contribution >= 4 is 0 Å². The molecule has 0 bridgehead atoms. The molecule has 0 amide bonds. The third-order valence-corrected chi connectivity index (χ3v) is 5.27. The van der Waals surface area contributed by atoms with E-state index >= 15 is 0 Å². The van der Waals surface area contributed by atoms with Crippen molar-refractivity contribution in [2.75, 3.05) is 26.2 Å². The summed E-state index contributed by atoms with van der Waals surface area (Å²) in [5.74, 6) is 1.77. The molecule has 1 aliphatic heterocycles. The highest BCUT2D eigenvalue weighted by molar-refractivity contribution is 4.98. The van der Waals surface area contributed by atoms with Crippen LogP contribution in [-0.2, 0) is 0 Å². The van der Waals surface area contributed by atoms with Gasteiger partial charge in [-0.1, -0.05) is 20.8 Å². The zero-order valence-corrected chi connectivity index (χ0v) is 13.5. The minimum atomic E-state index is 0.695. The number of hydrogen-bond donors (Lipinski definition) is 1. The van der Waals surface area contributed by atoms with Crippen molar-refractivity contribution in [3.63, 3.8) is 0 Å². The largest absolute Gasteiger partial charge is 0.314 e. The Hall–Kier alpha value is -0.0800. The van der Waals surface area contributed by atoms with E-state index in [1.165, 1.54) is 58.3 Å². The second-order valence-electron chi connectivity index (χ2n) is 7.72. The molecule has 1 unspecified atom stereocenters. The zero-order chi connectivity index (χ0) is 13.9. The summed E-state index contributed by atoms with van der Waals surface area (Å²) in [6, 6.07) is 0.695. The highest BCUT2D eigenvalue weighted by Crippen LogP contribution is 2.45. The van der Waals surface area contributed by atoms with E-state index in [1.54, 1.807) is 0 Å². The van der Waals surface area contributed by atoms with Gasteiger partial charge >= 0.3 is 0 Å². The molecule has 1 N–H and O–H groups in total. The molecule has 1 saturated heterocycles. The molecule has 0 aromatic heterocycles. The summed E-state index contributed by atoms with van der Waals surface area (Å²) in [6.07, 6.45) is 7.13. The molecule has 1 heterocycles. The van der Waals surface area contributed by atoms with Crippen LogP contribution in [0.1, 0.15) is 59.8 Å². The summed E-state index contributed by atoms with van der Waals surface area (Å²) in [4.78, 5) is 2.67. The lowest BCUT2D eigenvalue weighted by molar-refractivity contribution is -0.0432. The first-order chi connectivity index (χ1) is 9.03. The Morgan fingerprint density at radius 1 is 1.16 bits per heavy atom. The van der Waals surface area contributed by atoms with Gasteiger partial charge in [-0.15, -0.1) is 0 Å². The number of nitrogens with zero attached hydrogens (tertiary/aromatic N) is 1. The zero-order valence-electron chi connectivity index (χ0n) is 13.5. The van der Waals surface area contributed by atoms with Crippen LogP contribution in [0.15, 0.2) is 0 Å². The van der Waals surface area contributed by atoms with Crippen LogP contribution in [0.4, 0.5) is 0 Å².